The average molecular weight is 264 g/mol. The van der Waals surface area contributed by atoms with Crippen LogP contribution in [0.1, 0.15) is 31.4 Å². The number of nitrogens with one attached hydrogen (secondary N) is 2. The van der Waals surface area contributed by atoms with E-state index in [1.807, 2.05) is 32.0 Å². The minimum atomic E-state index is -0.947. The van der Waals surface area contributed by atoms with Gasteiger partial charge in [0, 0.05) is 11.2 Å². The molecule has 0 radical (unpaired) electrons. The van der Waals surface area contributed by atoms with Gasteiger partial charge in [-0.05, 0) is 44.9 Å². The van der Waals surface area contributed by atoms with E-state index in [4.69, 9.17) is 5.11 Å². The van der Waals surface area contributed by atoms with Crippen LogP contribution in [0.25, 0.3) is 0 Å². The smallest absolute Gasteiger partial charge is 0.319 e. The van der Waals surface area contributed by atoms with E-state index < -0.39 is 17.5 Å². The zero-order valence-electron chi connectivity index (χ0n) is 11.7. The molecule has 0 bridgehead atoms. The van der Waals surface area contributed by atoms with Crippen molar-refractivity contribution in [3.05, 3.63) is 29.3 Å². The van der Waals surface area contributed by atoms with Crippen molar-refractivity contribution in [1.82, 2.24) is 5.32 Å². The molecule has 0 atom stereocenters. The highest BCUT2D eigenvalue weighted by atomic mass is 16.4. The topological polar surface area (TPSA) is 78.4 Å². The number of carbonyl (C=O) groups is 2. The van der Waals surface area contributed by atoms with Crippen LogP contribution >= 0.6 is 0 Å². The van der Waals surface area contributed by atoms with Crippen molar-refractivity contribution in [2.75, 3.05) is 5.32 Å². The second-order valence-electron chi connectivity index (χ2n) is 5.35. The van der Waals surface area contributed by atoms with Gasteiger partial charge in [-0.1, -0.05) is 12.1 Å². The molecule has 1 aromatic rings. The molecule has 0 saturated carbocycles. The normalized spacial score (nSPS) is 10.9. The number of hydrogen-bond acceptors (Lipinski definition) is 2. The third kappa shape index (κ3) is 4.99. The molecule has 0 aromatic heterocycles. The summed E-state index contributed by atoms with van der Waals surface area (Å²) in [6, 6.07) is 5.36. The van der Waals surface area contributed by atoms with Gasteiger partial charge in [-0.3, -0.25) is 4.79 Å². The lowest BCUT2D eigenvalue weighted by Gasteiger charge is -2.24. The molecule has 0 saturated heterocycles. The van der Waals surface area contributed by atoms with Crippen LogP contribution in [0, 0.1) is 13.8 Å². The Morgan fingerprint density at radius 3 is 2.47 bits per heavy atom. The summed E-state index contributed by atoms with van der Waals surface area (Å²) in [6.07, 6.45) is -0.132. The highest BCUT2D eigenvalue weighted by Gasteiger charge is 2.23. The molecular weight excluding hydrogens is 244 g/mol. The number of hydrogen-bond donors (Lipinski definition) is 3. The van der Waals surface area contributed by atoms with Gasteiger partial charge in [0.1, 0.15) is 0 Å². The van der Waals surface area contributed by atoms with E-state index in [0.717, 1.165) is 16.8 Å². The maximum atomic E-state index is 11.9. The van der Waals surface area contributed by atoms with E-state index in [1.165, 1.54) is 0 Å². The molecule has 0 unspecified atom stereocenters. The number of carbonyl (C=O) groups excluding carboxylic acids is 1. The average Bonchev–Trinajstić information content (AvgIpc) is 2.20. The lowest BCUT2D eigenvalue weighted by molar-refractivity contribution is -0.138. The summed E-state index contributed by atoms with van der Waals surface area (Å²) in [4.78, 5) is 22.5. The van der Waals surface area contributed by atoms with Gasteiger partial charge in [-0.25, -0.2) is 4.79 Å². The van der Waals surface area contributed by atoms with Gasteiger partial charge in [0.2, 0.25) is 0 Å². The Bertz CT molecular complexity index is 495. The third-order valence-electron chi connectivity index (χ3n) is 2.69. The predicted octanol–water partition coefficient (Wildman–Crippen LogP) is 2.68. The molecule has 0 aliphatic heterocycles. The first-order valence-corrected chi connectivity index (χ1v) is 6.08. The second kappa shape index (κ2) is 5.73. The minimum absolute atomic E-state index is 0.132. The van der Waals surface area contributed by atoms with Gasteiger partial charge < -0.3 is 15.7 Å². The Labute approximate surface area is 113 Å². The highest BCUT2D eigenvalue weighted by Crippen LogP contribution is 2.17. The fourth-order valence-corrected chi connectivity index (χ4v) is 1.75. The zero-order chi connectivity index (χ0) is 14.6. The standard InChI is InChI=1S/C14H20N2O3/c1-9-5-6-10(2)11(7-9)15-13(19)16-14(3,4)8-12(17)18/h5-7H,8H2,1-4H3,(H,17,18)(H2,15,16,19). The summed E-state index contributed by atoms with van der Waals surface area (Å²) in [5.74, 6) is -0.947. The van der Waals surface area contributed by atoms with Crippen LogP contribution in [0.2, 0.25) is 0 Å². The van der Waals surface area contributed by atoms with Gasteiger partial charge in [0.25, 0.3) is 0 Å². The number of carboxylic acid groups (broad SMARTS) is 1. The van der Waals surface area contributed by atoms with Crippen LogP contribution in [-0.4, -0.2) is 22.6 Å². The molecule has 5 heteroatoms. The molecule has 1 aromatic carbocycles. The first kappa shape index (κ1) is 15.0. The molecule has 0 aliphatic carbocycles. The summed E-state index contributed by atoms with van der Waals surface area (Å²) >= 11 is 0. The number of carboxylic acids is 1. The Hall–Kier alpha value is -2.04. The third-order valence-corrected chi connectivity index (χ3v) is 2.69. The lowest BCUT2D eigenvalue weighted by Crippen LogP contribution is -2.46. The van der Waals surface area contributed by atoms with Gasteiger partial charge in [0.15, 0.2) is 0 Å². The largest absolute Gasteiger partial charge is 0.481 e. The monoisotopic (exact) mass is 264 g/mol. The fourth-order valence-electron chi connectivity index (χ4n) is 1.75. The Kier molecular flexibility index (Phi) is 4.53. The summed E-state index contributed by atoms with van der Waals surface area (Å²) in [5, 5.41) is 14.1. The Morgan fingerprint density at radius 1 is 1.26 bits per heavy atom. The molecule has 0 spiro atoms. The van der Waals surface area contributed by atoms with Crippen LogP contribution in [0.15, 0.2) is 18.2 Å². The van der Waals surface area contributed by atoms with Crippen molar-refractivity contribution < 1.29 is 14.7 Å². The molecule has 19 heavy (non-hydrogen) atoms. The summed E-state index contributed by atoms with van der Waals surface area (Å²) < 4.78 is 0. The minimum Gasteiger partial charge on any atom is -0.481 e. The van der Waals surface area contributed by atoms with Crippen molar-refractivity contribution in [3.63, 3.8) is 0 Å². The van der Waals surface area contributed by atoms with Gasteiger partial charge >= 0.3 is 12.0 Å². The van der Waals surface area contributed by atoms with E-state index in [1.54, 1.807) is 13.8 Å². The molecule has 2 amide bonds. The summed E-state index contributed by atoms with van der Waals surface area (Å²) in [6.45, 7) is 7.18. The maximum absolute atomic E-state index is 11.9. The lowest BCUT2D eigenvalue weighted by atomic mass is 10.0. The molecule has 104 valence electrons. The van der Waals surface area contributed by atoms with Crippen LogP contribution < -0.4 is 10.6 Å². The number of aliphatic carboxylic acids is 1. The molecule has 0 heterocycles. The summed E-state index contributed by atoms with van der Waals surface area (Å²) in [5.41, 5.74) is 1.93. The fraction of sp³-hybridized carbons (Fsp3) is 0.429. The quantitative estimate of drug-likeness (QED) is 0.782. The van der Waals surface area contributed by atoms with E-state index in [2.05, 4.69) is 10.6 Å². The Morgan fingerprint density at radius 2 is 1.89 bits per heavy atom. The van der Waals surface area contributed by atoms with Crippen molar-refractivity contribution in [2.24, 2.45) is 0 Å². The van der Waals surface area contributed by atoms with Crippen LogP contribution in [-0.2, 0) is 4.79 Å². The molecule has 1 rings (SSSR count). The van der Waals surface area contributed by atoms with Crippen molar-refractivity contribution in [2.45, 2.75) is 39.7 Å². The van der Waals surface area contributed by atoms with E-state index in [0.29, 0.717) is 0 Å². The van der Waals surface area contributed by atoms with Crippen LogP contribution in [0.3, 0.4) is 0 Å². The first-order valence-electron chi connectivity index (χ1n) is 6.08. The number of anilines is 1. The molecule has 0 fully saturated rings. The van der Waals surface area contributed by atoms with Crippen molar-refractivity contribution in [1.29, 1.82) is 0 Å². The SMILES string of the molecule is Cc1ccc(C)c(NC(=O)NC(C)(C)CC(=O)O)c1. The molecule has 0 aliphatic rings. The molecule has 3 N–H and O–H groups in total. The van der Waals surface area contributed by atoms with Crippen LogP contribution in [0.4, 0.5) is 10.5 Å². The van der Waals surface area contributed by atoms with Crippen molar-refractivity contribution in [3.8, 4) is 0 Å². The number of aryl methyl sites for hydroxylation is 2. The number of rotatable bonds is 4. The maximum Gasteiger partial charge on any atom is 0.319 e. The second-order valence-corrected chi connectivity index (χ2v) is 5.35. The number of amides is 2. The number of benzene rings is 1. The van der Waals surface area contributed by atoms with E-state index in [-0.39, 0.29) is 6.42 Å². The van der Waals surface area contributed by atoms with E-state index in [9.17, 15) is 9.59 Å². The van der Waals surface area contributed by atoms with Gasteiger partial charge in [-0.15, -0.1) is 0 Å². The number of urea groups is 1. The van der Waals surface area contributed by atoms with Gasteiger partial charge in [-0.2, -0.15) is 0 Å². The van der Waals surface area contributed by atoms with Crippen LogP contribution in [0.5, 0.6) is 0 Å². The summed E-state index contributed by atoms with van der Waals surface area (Å²) in [7, 11) is 0. The van der Waals surface area contributed by atoms with E-state index >= 15 is 0 Å². The first-order chi connectivity index (χ1) is 8.69. The molecular formula is C14H20N2O3. The zero-order valence-corrected chi connectivity index (χ0v) is 11.7. The Balaban J connectivity index is 2.70. The predicted molar refractivity (Wildman–Crippen MR) is 74.4 cm³/mol. The van der Waals surface area contributed by atoms with Gasteiger partial charge in [0.05, 0.1) is 6.42 Å². The van der Waals surface area contributed by atoms with Crippen molar-refractivity contribution >= 4 is 17.7 Å². The highest BCUT2D eigenvalue weighted by molar-refractivity contribution is 5.91. The molecule has 5 nitrogen and oxygen atoms in total.